The van der Waals surface area contributed by atoms with Crippen LogP contribution in [0.3, 0.4) is 0 Å². The SMILES string of the molecule is Nc1ccc(F)cc1Cn1cc(Br)c2ccccc21. The predicted octanol–water partition coefficient (Wildman–Crippen LogP) is 4.17. The van der Waals surface area contributed by atoms with Crippen LogP contribution in [0.15, 0.2) is 53.1 Å². The Labute approximate surface area is 118 Å². The fraction of sp³-hybridized carbons (Fsp3) is 0.0667. The molecule has 96 valence electrons. The Morgan fingerprint density at radius 2 is 1.95 bits per heavy atom. The molecule has 0 aliphatic rings. The first kappa shape index (κ1) is 12.2. The summed E-state index contributed by atoms with van der Waals surface area (Å²) in [6.45, 7) is 0.551. The van der Waals surface area contributed by atoms with Gasteiger partial charge in [-0.05, 0) is 45.8 Å². The molecule has 1 heterocycles. The van der Waals surface area contributed by atoms with E-state index >= 15 is 0 Å². The molecule has 19 heavy (non-hydrogen) atoms. The van der Waals surface area contributed by atoms with Gasteiger partial charge in [0.1, 0.15) is 5.82 Å². The molecule has 0 spiro atoms. The number of rotatable bonds is 2. The molecule has 2 aromatic carbocycles. The van der Waals surface area contributed by atoms with E-state index in [1.54, 1.807) is 6.07 Å². The zero-order valence-corrected chi connectivity index (χ0v) is 11.7. The van der Waals surface area contributed by atoms with Crippen molar-refractivity contribution < 1.29 is 4.39 Å². The van der Waals surface area contributed by atoms with Crippen LogP contribution < -0.4 is 5.73 Å². The lowest BCUT2D eigenvalue weighted by atomic mass is 10.1. The lowest BCUT2D eigenvalue weighted by Gasteiger charge is -2.08. The summed E-state index contributed by atoms with van der Waals surface area (Å²) in [5.41, 5.74) is 8.38. The highest BCUT2D eigenvalue weighted by Crippen LogP contribution is 2.27. The molecule has 0 bridgehead atoms. The largest absolute Gasteiger partial charge is 0.398 e. The van der Waals surface area contributed by atoms with Gasteiger partial charge in [-0.25, -0.2) is 4.39 Å². The zero-order valence-electron chi connectivity index (χ0n) is 10.1. The molecule has 0 amide bonds. The summed E-state index contributed by atoms with van der Waals surface area (Å²) in [6.07, 6.45) is 2.00. The normalized spacial score (nSPS) is 11.1. The molecule has 1 aromatic heterocycles. The first-order chi connectivity index (χ1) is 9.15. The van der Waals surface area contributed by atoms with E-state index in [9.17, 15) is 4.39 Å². The number of halogens is 2. The van der Waals surface area contributed by atoms with Crippen LogP contribution in [-0.2, 0) is 6.54 Å². The number of aromatic nitrogens is 1. The summed E-state index contributed by atoms with van der Waals surface area (Å²) in [4.78, 5) is 0. The second kappa shape index (κ2) is 4.70. The van der Waals surface area contributed by atoms with Gasteiger partial charge in [0, 0.05) is 33.8 Å². The van der Waals surface area contributed by atoms with E-state index in [0.717, 1.165) is 20.9 Å². The number of hydrogen-bond acceptors (Lipinski definition) is 1. The van der Waals surface area contributed by atoms with Gasteiger partial charge in [-0.2, -0.15) is 0 Å². The van der Waals surface area contributed by atoms with E-state index in [4.69, 9.17) is 5.73 Å². The van der Waals surface area contributed by atoms with Crippen LogP contribution in [0.25, 0.3) is 10.9 Å². The number of benzene rings is 2. The van der Waals surface area contributed by atoms with Gasteiger partial charge < -0.3 is 10.3 Å². The quantitative estimate of drug-likeness (QED) is 0.706. The fourth-order valence-corrected chi connectivity index (χ4v) is 2.81. The summed E-state index contributed by atoms with van der Waals surface area (Å²) in [5, 5.41) is 1.14. The molecule has 0 saturated carbocycles. The first-order valence-corrected chi connectivity index (χ1v) is 6.72. The van der Waals surface area contributed by atoms with Crippen molar-refractivity contribution in [3.05, 3.63) is 64.5 Å². The number of nitrogens with two attached hydrogens (primary N) is 1. The lowest BCUT2D eigenvalue weighted by Crippen LogP contribution is -2.02. The third-order valence-electron chi connectivity index (χ3n) is 3.19. The standard InChI is InChI=1S/C15H12BrFN2/c16-13-9-19(15-4-2-1-3-12(13)15)8-10-7-11(17)5-6-14(10)18/h1-7,9H,8,18H2. The molecule has 0 aliphatic heterocycles. The Morgan fingerprint density at radius 1 is 1.16 bits per heavy atom. The minimum Gasteiger partial charge on any atom is -0.398 e. The number of nitrogens with zero attached hydrogens (tertiary/aromatic N) is 1. The van der Waals surface area contributed by atoms with Gasteiger partial charge in [0.2, 0.25) is 0 Å². The molecule has 0 unspecified atom stereocenters. The molecule has 4 heteroatoms. The molecule has 0 fully saturated rings. The van der Waals surface area contributed by atoms with Crippen molar-refractivity contribution in [2.24, 2.45) is 0 Å². The topological polar surface area (TPSA) is 30.9 Å². The van der Waals surface area contributed by atoms with Gasteiger partial charge in [-0.15, -0.1) is 0 Å². The van der Waals surface area contributed by atoms with E-state index in [-0.39, 0.29) is 5.82 Å². The van der Waals surface area contributed by atoms with Gasteiger partial charge >= 0.3 is 0 Å². The van der Waals surface area contributed by atoms with Crippen LogP contribution >= 0.6 is 15.9 Å². The van der Waals surface area contributed by atoms with E-state index in [1.807, 2.05) is 30.5 Å². The van der Waals surface area contributed by atoms with Crippen molar-refractivity contribution >= 4 is 32.5 Å². The smallest absolute Gasteiger partial charge is 0.123 e. The highest BCUT2D eigenvalue weighted by Gasteiger charge is 2.08. The van der Waals surface area contributed by atoms with E-state index in [0.29, 0.717) is 12.2 Å². The molecule has 2 nitrogen and oxygen atoms in total. The summed E-state index contributed by atoms with van der Waals surface area (Å²) in [5.74, 6) is -0.264. The molecule has 0 aliphatic carbocycles. The second-order valence-corrected chi connectivity index (χ2v) is 5.32. The van der Waals surface area contributed by atoms with Crippen LogP contribution in [0, 0.1) is 5.82 Å². The van der Waals surface area contributed by atoms with Gasteiger partial charge in [0.05, 0.1) is 0 Å². The third kappa shape index (κ3) is 2.24. The Bertz CT molecular complexity index is 749. The number of hydrogen-bond donors (Lipinski definition) is 1. The summed E-state index contributed by atoms with van der Waals surface area (Å²) in [7, 11) is 0. The molecule has 0 saturated heterocycles. The van der Waals surface area contributed by atoms with Crippen molar-refractivity contribution in [3.8, 4) is 0 Å². The van der Waals surface area contributed by atoms with E-state index in [1.165, 1.54) is 12.1 Å². The predicted molar refractivity (Wildman–Crippen MR) is 79.6 cm³/mol. The average molecular weight is 319 g/mol. The van der Waals surface area contributed by atoms with Crippen molar-refractivity contribution in [3.63, 3.8) is 0 Å². The molecule has 0 radical (unpaired) electrons. The Morgan fingerprint density at radius 3 is 2.79 bits per heavy atom. The number of nitrogen functional groups attached to an aromatic ring is 1. The highest BCUT2D eigenvalue weighted by atomic mass is 79.9. The van der Waals surface area contributed by atoms with Crippen molar-refractivity contribution in [1.29, 1.82) is 0 Å². The maximum absolute atomic E-state index is 13.3. The number of para-hydroxylation sites is 1. The van der Waals surface area contributed by atoms with E-state index in [2.05, 4.69) is 20.5 Å². The Hall–Kier alpha value is -1.81. The molecule has 0 atom stereocenters. The van der Waals surface area contributed by atoms with Crippen LogP contribution in [-0.4, -0.2) is 4.57 Å². The number of fused-ring (bicyclic) bond motifs is 1. The summed E-state index contributed by atoms with van der Waals surface area (Å²) >= 11 is 3.54. The monoisotopic (exact) mass is 318 g/mol. The van der Waals surface area contributed by atoms with Crippen molar-refractivity contribution in [1.82, 2.24) is 4.57 Å². The van der Waals surface area contributed by atoms with Crippen molar-refractivity contribution in [2.45, 2.75) is 6.54 Å². The van der Waals surface area contributed by atoms with Gasteiger partial charge in [-0.3, -0.25) is 0 Å². The van der Waals surface area contributed by atoms with Crippen LogP contribution in [0.2, 0.25) is 0 Å². The fourth-order valence-electron chi connectivity index (χ4n) is 2.23. The van der Waals surface area contributed by atoms with E-state index < -0.39 is 0 Å². The maximum Gasteiger partial charge on any atom is 0.123 e. The summed E-state index contributed by atoms with van der Waals surface area (Å²) in [6, 6.07) is 12.5. The molecule has 2 N–H and O–H groups in total. The second-order valence-electron chi connectivity index (χ2n) is 4.47. The van der Waals surface area contributed by atoms with Gasteiger partial charge in [0.15, 0.2) is 0 Å². The van der Waals surface area contributed by atoms with Crippen LogP contribution in [0.4, 0.5) is 10.1 Å². The highest BCUT2D eigenvalue weighted by molar-refractivity contribution is 9.10. The zero-order chi connectivity index (χ0) is 13.4. The molecule has 3 aromatic rings. The molecular formula is C15H12BrFN2. The van der Waals surface area contributed by atoms with Crippen LogP contribution in [0.1, 0.15) is 5.56 Å². The van der Waals surface area contributed by atoms with Gasteiger partial charge in [-0.1, -0.05) is 18.2 Å². The van der Waals surface area contributed by atoms with Gasteiger partial charge in [0.25, 0.3) is 0 Å². The first-order valence-electron chi connectivity index (χ1n) is 5.92. The van der Waals surface area contributed by atoms with Crippen molar-refractivity contribution in [2.75, 3.05) is 5.73 Å². The minimum atomic E-state index is -0.264. The third-order valence-corrected chi connectivity index (χ3v) is 3.82. The lowest BCUT2D eigenvalue weighted by molar-refractivity contribution is 0.624. The molecule has 3 rings (SSSR count). The summed E-state index contributed by atoms with van der Waals surface area (Å²) < 4.78 is 16.4. The number of anilines is 1. The van der Waals surface area contributed by atoms with Crippen LogP contribution in [0.5, 0.6) is 0 Å². The average Bonchev–Trinajstić information content (AvgIpc) is 2.72. The maximum atomic E-state index is 13.3. The Kier molecular flexibility index (Phi) is 3.03. The minimum absolute atomic E-state index is 0.264. The Balaban J connectivity index is 2.08. The molecular weight excluding hydrogens is 307 g/mol.